The highest BCUT2D eigenvalue weighted by molar-refractivity contribution is 7.15. The van der Waals surface area contributed by atoms with Crippen molar-refractivity contribution in [1.29, 1.82) is 5.26 Å². The van der Waals surface area contributed by atoms with Crippen LogP contribution in [0.15, 0.2) is 48.7 Å². The molecule has 0 unspecified atom stereocenters. The minimum absolute atomic E-state index is 0.0759. The van der Waals surface area contributed by atoms with Crippen LogP contribution in [0.1, 0.15) is 17.5 Å². The number of anilines is 5. The molecular formula is C27H24ClF3N8O2S. The second-order valence-electron chi connectivity index (χ2n) is 8.97. The second kappa shape index (κ2) is 13.0. The Morgan fingerprint density at radius 3 is 2.62 bits per heavy atom. The number of nitrogens with zero attached hydrogens (tertiary/aromatic N) is 5. The maximum atomic E-state index is 12.9. The van der Waals surface area contributed by atoms with Crippen molar-refractivity contribution in [3.8, 4) is 11.8 Å². The number of likely N-dealkylation sites (N-methyl/N-ethyl adjacent to an activating group) is 1. The van der Waals surface area contributed by atoms with Gasteiger partial charge in [0, 0.05) is 36.0 Å². The number of hydrogen-bond acceptors (Lipinski definition) is 10. The van der Waals surface area contributed by atoms with Crippen LogP contribution in [0, 0.1) is 11.3 Å². The van der Waals surface area contributed by atoms with Crippen molar-refractivity contribution in [2.24, 2.45) is 0 Å². The number of rotatable bonds is 10. The van der Waals surface area contributed by atoms with Crippen LogP contribution in [0.4, 0.5) is 41.1 Å². The monoisotopic (exact) mass is 616 g/mol. The van der Waals surface area contributed by atoms with E-state index >= 15 is 0 Å². The SMILES string of the molecule is CCOc1cc2ncc(C#N)c(Nc3ccc(Nc4nnc(C(F)(F)F)s4)c(Cl)c3)c2cc1NC(=O)/C=C/CN(C)C. The van der Waals surface area contributed by atoms with E-state index in [4.69, 9.17) is 16.3 Å². The Balaban J connectivity index is 1.66. The average Bonchev–Trinajstić information content (AvgIpc) is 3.40. The number of carbonyl (C=O) groups is 1. The van der Waals surface area contributed by atoms with Gasteiger partial charge in [0.15, 0.2) is 0 Å². The highest BCUT2D eigenvalue weighted by atomic mass is 35.5. The standard InChI is InChI=1S/C27H24ClF3N8O2S/c1-4-41-22-12-20-17(11-21(22)35-23(40)6-5-9-39(2)3)24(15(13-32)14-33-20)34-16-7-8-19(18(28)10-16)36-26-38-37-25(42-26)27(29,30)31/h5-8,10-12,14H,4,9H2,1-3H3,(H,33,34)(H,35,40)(H,36,38)/b6-5+. The first-order valence-electron chi connectivity index (χ1n) is 12.3. The number of alkyl halides is 3. The molecule has 0 aliphatic heterocycles. The van der Waals surface area contributed by atoms with Gasteiger partial charge in [-0.3, -0.25) is 9.78 Å². The molecule has 42 heavy (non-hydrogen) atoms. The number of ether oxygens (including phenoxy) is 1. The zero-order valence-electron chi connectivity index (χ0n) is 22.5. The maximum Gasteiger partial charge on any atom is 0.445 e. The molecule has 4 rings (SSSR count). The van der Waals surface area contributed by atoms with Crippen LogP contribution in [-0.2, 0) is 11.0 Å². The fraction of sp³-hybridized carbons (Fsp3) is 0.222. The van der Waals surface area contributed by atoms with Gasteiger partial charge in [0.05, 0.1) is 39.8 Å². The van der Waals surface area contributed by atoms with E-state index in [2.05, 4.69) is 37.2 Å². The number of amides is 1. The summed E-state index contributed by atoms with van der Waals surface area (Å²) >= 11 is 6.76. The van der Waals surface area contributed by atoms with Gasteiger partial charge in [-0.05, 0) is 45.3 Å². The van der Waals surface area contributed by atoms with Crippen LogP contribution in [0.2, 0.25) is 5.02 Å². The van der Waals surface area contributed by atoms with Gasteiger partial charge in [-0.1, -0.05) is 29.0 Å². The normalized spacial score (nSPS) is 11.6. The van der Waals surface area contributed by atoms with E-state index in [1.165, 1.54) is 18.3 Å². The smallest absolute Gasteiger partial charge is 0.445 e. The molecule has 218 valence electrons. The number of benzene rings is 2. The lowest BCUT2D eigenvalue weighted by atomic mass is 10.1. The van der Waals surface area contributed by atoms with Crippen molar-refractivity contribution in [3.05, 3.63) is 64.3 Å². The van der Waals surface area contributed by atoms with Crippen LogP contribution in [0.5, 0.6) is 5.75 Å². The van der Waals surface area contributed by atoms with E-state index in [1.807, 2.05) is 25.9 Å². The Bertz CT molecular complexity index is 1680. The molecule has 2 aromatic heterocycles. The summed E-state index contributed by atoms with van der Waals surface area (Å²) in [6.07, 6.45) is -0.0441. The molecule has 0 atom stereocenters. The van der Waals surface area contributed by atoms with Gasteiger partial charge in [0.2, 0.25) is 16.0 Å². The molecule has 15 heteroatoms. The van der Waals surface area contributed by atoms with Crippen molar-refractivity contribution < 1.29 is 22.7 Å². The lowest BCUT2D eigenvalue weighted by Gasteiger charge is -2.16. The van der Waals surface area contributed by atoms with Crippen molar-refractivity contribution in [2.75, 3.05) is 43.2 Å². The van der Waals surface area contributed by atoms with Gasteiger partial charge in [0.25, 0.3) is 0 Å². The summed E-state index contributed by atoms with van der Waals surface area (Å²) < 4.78 is 44.3. The molecule has 1 amide bonds. The number of nitrogens with one attached hydrogen (secondary N) is 3. The topological polar surface area (TPSA) is 128 Å². The highest BCUT2D eigenvalue weighted by Gasteiger charge is 2.35. The minimum atomic E-state index is -4.60. The second-order valence-corrected chi connectivity index (χ2v) is 10.4. The molecular weight excluding hydrogens is 593 g/mol. The number of halogens is 4. The van der Waals surface area contributed by atoms with Crippen LogP contribution in [0.25, 0.3) is 10.9 Å². The molecule has 2 aromatic carbocycles. The molecule has 0 fully saturated rings. The zero-order chi connectivity index (χ0) is 30.4. The molecule has 0 spiro atoms. The molecule has 0 saturated heterocycles. The van der Waals surface area contributed by atoms with Gasteiger partial charge in [0.1, 0.15) is 11.8 Å². The van der Waals surface area contributed by atoms with Gasteiger partial charge in [-0.15, -0.1) is 10.2 Å². The Morgan fingerprint density at radius 2 is 1.98 bits per heavy atom. The zero-order valence-corrected chi connectivity index (χ0v) is 24.1. The van der Waals surface area contributed by atoms with Gasteiger partial charge in [-0.25, -0.2) is 0 Å². The quantitative estimate of drug-likeness (QED) is 0.169. The largest absolute Gasteiger partial charge is 0.492 e. The van der Waals surface area contributed by atoms with Crippen LogP contribution >= 0.6 is 22.9 Å². The number of carbonyl (C=O) groups excluding carboxylic acids is 1. The highest BCUT2D eigenvalue weighted by Crippen LogP contribution is 2.38. The van der Waals surface area contributed by atoms with E-state index in [-0.39, 0.29) is 21.6 Å². The summed E-state index contributed by atoms with van der Waals surface area (Å²) in [6.45, 7) is 2.74. The Labute approximate surface area is 247 Å². The fourth-order valence-electron chi connectivity index (χ4n) is 3.70. The lowest BCUT2D eigenvalue weighted by Crippen LogP contribution is -2.13. The number of aromatic nitrogens is 3. The first kappa shape index (κ1) is 30.5. The molecule has 0 bridgehead atoms. The molecule has 10 nitrogen and oxygen atoms in total. The first-order chi connectivity index (χ1) is 20.0. The van der Waals surface area contributed by atoms with Crippen molar-refractivity contribution >= 4 is 67.6 Å². The minimum Gasteiger partial charge on any atom is -0.492 e. The third-order valence-corrected chi connectivity index (χ3v) is 6.73. The van der Waals surface area contributed by atoms with Crippen molar-refractivity contribution in [3.63, 3.8) is 0 Å². The molecule has 4 aromatic rings. The first-order valence-corrected chi connectivity index (χ1v) is 13.5. The average molecular weight is 617 g/mol. The third kappa shape index (κ3) is 7.43. The van der Waals surface area contributed by atoms with Crippen LogP contribution in [0.3, 0.4) is 0 Å². The number of nitriles is 1. The van der Waals surface area contributed by atoms with Crippen LogP contribution < -0.4 is 20.7 Å². The third-order valence-electron chi connectivity index (χ3n) is 5.53. The molecule has 2 heterocycles. The summed E-state index contributed by atoms with van der Waals surface area (Å²) in [7, 11) is 3.77. The Kier molecular flexibility index (Phi) is 9.46. The summed E-state index contributed by atoms with van der Waals surface area (Å²) in [5.41, 5.74) is 2.30. The van der Waals surface area contributed by atoms with E-state index < -0.39 is 11.2 Å². The van der Waals surface area contributed by atoms with Crippen molar-refractivity contribution in [2.45, 2.75) is 13.1 Å². The molecule has 0 aliphatic rings. The van der Waals surface area contributed by atoms with E-state index in [0.29, 0.717) is 63.9 Å². The fourth-order valence-corrected chi connectivity index (χ4v) is 4.55. The Morgan fingerprint density at radius 1 is 1.19 bits per heavy atom. The molecule has 3 N–H and O–H groups in total. The van der Waals surface area contributed by atoms with E-state index in [1.54, 1.807) is 30.3 Å². The van der Waals surface area contributed by atoms with Gasteiger partial charge >= 0.3 is 6.18 Å². The summed E-state index contributed by atoms with van der Waals surface area (Å²) in [6, 6.07) is 10.2. The molecule has 0 saturated carbocycles. The van der Waals surface area contributed by atoms with E-state index in [0.717, 1.165) is 0 Å². The van der Waals surface area contributed by atoms with E-state index in [9.17, 15) is 23.2 Å². The predicted molar refractivity (Wildman–Crippen MR) is 157 cm³/mol. The summed E-state index contributed by atoms with van der Waals surface area (Å²) in [5.74, 6) is 0.0510. The number of fused-ring (bicyclic) bond motifs is 1. The number of hydrogen-bond donors (Lipinski definition) is 3. The maximum absolute atomic E-state index is 12.9. The molecule has 0 radical (unpaired) electrons. The lowest BCUT2D eigenvalue weighted by molar-refractivity contribution is -0.138. The summed E-state index contributed by atoms with van der Waals surface area (Å²) in [4.78, 5) is 18.9. The van der Waals surface area contributed by atoms with Gasteiger partial charge in [-0.2, -0.15) is 18.4 Å². The predicted octanol–water partition coefficient (Wildman–Crippen LogP) is 6.57. The van der Waals surface area contributed by atoms with Crippen LogP contribution in [-0.4, -0.2) is 53.2 Å². The summed E-state index contributed by atoms with van der Waals surface area (Å²) in [5, 5.41) is 24.7. The number of pyridine rings is 1. The Hall–Kier alpha value is -4.45. The molecule has 0 aliphatic carbocycles. The van der Waals surface area contributed by atoms with Gasteiger partial charge < -0.3 is 25.6 Å². The van der Waals surface area contributed by atoms with Crippen molar-refractivity contribution in [1.82, 2.24) is 20.1 Å².